The van der Waals surface area contributed by atoms with Crippen molar-refractivity contribution in [3.8, 4) is 5.75 Å². The van der Waals surface area contributed by atoms with Crippen molar-refractivity contribution in [2.75, 3.05) is 31.7 Å². The number of unbranched alkanes of at least 4 members (excludes halogenated alkanes) is 3. The van der Waals surface area contributed by atoms with Gasteiger partial charge >= 0.3 is 12.1 Å². The highest BCUT2D eigenvalue weighted by molar-refractivity contribution is 7.98. The van der Waals surface area contributed by atoms with E-state index in [9.17, 15) is 24.3 Å². The first-order chi connectivity index (χ1) is 18.9. The molecule has 0 spiro atoms. The van der Waals surface area contributed by atoms with Crippen LogP contribution in [0.5, 0.6) is 5.75 Å². The van der Waals surface area contributed by atoms with Crippen molar-refractivity contribution in [2.45, 2.75) is 90.8 Å². The molecular weight excluding hydrogens is 534 g/mol. The van der Waals surface area contributed by atoms with Crippen molar-refractivity contribution >= 4 is 35.6 Å². The summed E-state index contributed by atoms with van der Waals surface area (Å²) >= 11 is 1.54. The van der Waals surface area contributed by atoms with Crippen LogP contribution in [0, 0.1) is 0 Å². The maximum Gasteiger partial charge on any atom is 0.408 e. The average molecular weight is 582 g/mol. The van der Waals surface area contributed by atoms with Gasteiger partial charge in [-0.25, -0.2) is 4.79 Å². The summed E-state index contributed by atoms with van der Waals surface area (Å²) in [4.78, 5) is 53.7. The number of aromatic hydroxyl groups is 1. The predicted molar refractivity (Wildman–Crippen MR) is 157 cm³/mol. The molecule has 0 bridgehead atoms. The fraction of sp³-hybridized carbons (Fsp3) is 0.655. The van der Waals surface area contributed by atoms with E-state index in [1.807, 2.05) is 6.26 Å². The summed E-state index contributed by atoms with van der Waals surface area (Å²) in [5.74, 6) is -0.822. The SMILES string of the molecule is CCCCCCN(C(=O)C(CCSC)NC(=O)OC(C)(C)C)C(C(=O)NCCC(=O)OCC)c1cccc(O)c1. The highest BCUT2D eigenvalue weighted by atomic mass is 32.2. The molecule has 2 unspecified atom stereocenters. The summed E-state index contributed by atoms with van der Waals surface area (Å²) in [6.07, 6.45) is 4.97. The Balaban J connectivity index is 3.41. The van der Waals surface area contributed by atoms with Crippen LogP contribution in [0.15, 0.2) is 24.3 Å². The van der Waals surface area contributed by atoms with Crippen molar-refractivity contribution < 1.29 is 33.8 Å². The second kappa shape index (κ2) is 18.4. The Hall–Kier alpha value is -2.95. The van der Waals surface area contributed by atoms with E-state index in [1.54, 1.807) is 39.8 Å². The van der Waals surface area contributed by atoms with Crippen LogP contribution in [0.1, 0.15) is 84.7 Å². The molecule has 11 heteroatoms. The molecule has 0 saturated carbocycles. The fourth-order valence-electron chi connectivity index (χ4n) is 4.00. The Labute approximate surface area is 242 Å². The lowest BCUT2D eigenvalue weighted by Gasteiger charge is -2.34. The molecule has 0 aliphatic carbocycles. The maximum absolute atomic E-state index is 14.1. The Kier molecular flexibility index (Phi) is 16.1. The van der Waals surface area contributed by atoms with Gasteiger partial charge in [0, 0.05) is 13.1 Å². The lowest BCUT2D eigenvalue weighted by atomic mass is 10.0. The molecule has 3 amide bonds. The first kappa shape index (κ1) is 35.1. The van der Waals surface area contributed by atoms with E-state index in [0.29, 0.717) is 24.2 Å². The van der Waals surface area contributed by atoms with Gasteiger partial charge in [-0.15, -0.1) is 0 Å². The van der Waals surface area contributed by atoms with Gasteiger partial charge in [-0.1, -0.05) is 38.3 Å². The average Bonchev–Trinajstić information content (AvgIpc) is 2.87. The van der Waals surface area contributed by atoms with E-state index in [-0.39, 0.29) is 31.9 Å². The van der Waals surface area contributed by atoms with Crippen LogP contribution in [0.4, 0.5) is 4.79 Å². The Morgan fingerprint density at radius 1 is 1.10 bits per heavy atom. The van der Waals surface area contributed by atoms with Crippen molar-refractivity contribution in [1.82, 2.24) is 15.5 Å². The molecule has 1 aromatic carbocycles. The third kappa shape index (κ3) is 13.4. The standard InChI is InChI=1S/C29H47N3O7S/c1-7-9-10-11-18-32(27(36)23(16-19-40-6)31-28(37)39-29(3,4)5)25(21-13-12-14-22(33)20-21)26(35)30-17-15-24(34)38-8-2/h12-14,20,23,25,33H,7-11,15-19H2,1-6H3,(H,30,35)(H,31,37). The molecular formula is C29H47N3O7S. The van der Waals surface area contributed by atoms with E-state index in [4.69, 9.17) is 9.47 Å². The Bertz CT molecular complexity index is 952. The van der Waals surface area contributed by atoms with Gasteiger partial charge in [-0.05, 0) is 70.2 Å². The van der Waals surface area contributed by atoms with Crippen LogP contribution in [-0.4, -0.2) is 77.2 Å². The number of amides is 3. The number of carbonyl (C=O) groups excluding carboxylic acids is 4. The number of thioether (sulfide) groups is 1. The van der Waals surface area contributed by atoms with Gasteiger partial charge in [0.25, 0.3) is 0 Å². The van der Waals surface area contributed by atoms with Gasteiger partial charge in [0.15, 0.2) is 0 Å². The monoisotopic (exact) mass is 581 g/mol. The summed E-state index contributed by atoms with van der Waals surface area (Å²) in [6, 6.07) is 4.17. The number of phenols is 1. The number of nitrogens with zero attached hydrogens (tertiary/aromatic N) is 1. The Morgan fingerprint density at radius 2 is 1.82 bits per heavy atom. The van der Waals surface area contributed by atoms with E-state index >= 15 is 0 Å². The van der Waals surface area contributed by atoms with Crippen molar-refractivity contribution in [3.63, 3.8) is 0 Å². The molecule has 0 aliphatic rings. The van der Waals surface area contributed by atoms with Crippen LogP contribution in [0.3, 0.4) is 0 Å². The molecule has 226 valence electrons. The maximum atomic E-state index is 14.1. The topological polar surface area (TPSA) is 134 Å². The number of nitrogens with one attached hydrogen (secondary N) is 2. The van der Waals surface area contributed by atoms with Gasteiger partial charge in [0.2, 0.25) is 11.8 Å². The minimum Gasteiger partial charge on any atom is -0.508 e. The molecule has 0 saturated heterocycles. The van der Waals surface area contributed by atoms with Gasteiger partial charge in [0.1, 0.15) is 23.4 Å². The number of hydrogen-bond donors (Lipinski definition) is 3. The van der Waals surface area contributed by atoms with Crippen LogP contribution >= 0.6 is 11.8 Å². The number of ether oxygens (including phenoxy) is 2. The molecule has 1 rings (SSSR count). The normalized spacial score (nSPS) is 12.7. The van der Waals surface area contributed by atoms with Crippen molar-refractivity contribution in [3.05, 3.63) is 29.8 Å². The summed E-state index contributed by atoms with van der Waals surface area (Å²) in [5, 5.41) is 15.7. The van der Waals surface area contributed by atoms with Crippen LogP contribution in [-0.2, 0) is 23.9 Å². The van der Waals surface area contributed by atoms with E-state index < -0.39 is 41.6 Å². The summed E-state index contributed by atoms with van der Waals surface area (Å²) in [6.45, 7) is 9.53. The smallest absolute Gasteiger partial charge is 0.408 e. The summed E-state index contributed by atoms with van der Waals surface area (Å²) in [5.41, 5.74) is -0.335. The molecule has 10 nitrogen and oxygen atoms in total. The molecule has 0 fully saturated rings. The molecule has 3 N–H and O–H groups in total. The second-order valence-electron chi connectivity index (χ2n) is 10.4. The van der Waals surface area contributed by atoms with Gasteiger partial charge in [-0.3, -0.25) is 14.4 Å². The zero-order valence-corrected chi connectivity index (χ0v) is 25.6. The van der Waals surface area contributed by atoms with E-state index in [1.165, 1.54) is 28.8 Å². The highest BCUT2D eigenvalue weighted by Crippen LogP contribution is 2.27. The number of benzene rings is 1. The molecule has 1 aromatic rings. The molecule has 40 heavy (non-hydrogen) atoms. The Morgan fingerprint density at radius 3 is 2.42 bits per heavy atom. The van der Waals surface area contributed by atoms with E-state index in [2.05, 4.69) is 17.6 Å². The summed E-state index contributed by atoms with van der Waals surface area (Å²) < 4.78 is 10.4. The minimum absolute atomic E-state index is 0.0205. The van der Waals surface area contributed by atoms with Gasteiger partial charge in [-0.2, -0.15) is 11.8 Å². The molecule has 0 heterocycles. The lowest BCUT2D eigenvalue weighted by Crippen LogP contribution is -2.53. The zero-order valence-electron chi connectivity index (χ0n) is 24.8. The van der Waals surface area contributed by atoms with Gasteiger partial charge in [0.05, 0.1) is 13.0 Å². The van der Waals surface area contributed by atoms with Crippen LogP contribution in [0.2, 0.25) is 0 Å². The quantitative estimate of drug-likeness (QED) is 0.180. The predicted octanol–water partition coefficient (Wildman–Crippen LogP) is 4.56. The second-order valence-corrected chi connectivity index (χ2v) is 11.4. The number of esters is 1. The first-order valence-corrected chi connectivity index (χ1v) is 15.3. The molecule has 0 radical (unpaired) electrons. The van der Waals surface area contributed by atoms with E-state index in [0.717, 1.165) is 19.3 Å². The van der Waals surface area contributed by atoms with Crippen LogP contribution < -0.4 is 10.6 Å². The van der Waals surface area contributed by atoms with Crippen molar-refractivity contribution in [2.24, 2.45) is 0 Å². The highest BCUT2D eigenvalue weighted by Gasteiger charge is 2.36. The third-order valence-electron chi connectivity index (χ3n) is 5.82. The number of rotatable bonds is 17. The number of hydrogen-bond acceptors (Lipinski definition) is 8. The zero-order chi connectivity index (χ0) is 30.1. The van der Waals surface area contributed by atoms with Crippen molar-refractivity contribution in [1.29, 1.82) is 0 Å². The number of phenolic OH excluding ortho intramolecular Hbond substituents is 1. The van der Waals surface area contributed by atoms with Crippen LogP contribution in [0.25, 0.3) is 0 Å². The number of carbonyl (C=O) groups is 4. The third-order valence-corrected chi connectivity index (χ3v) is 6.46. The molecule has 2 atom stereocenters. The summed E-state index contributed by atoms with van der Waals surface area (Å²) in [7, 11) is 0. The minimum atomic E-state index is -1.10. The van der Waals surface area contributed by atoms with Gasteiger partial charge < -0.3 is 30.1 Å². The molecule has 0 aromatic heterocycles. The number of alkyl carbamates (subject to hydrolysis) is 1. The largest absolute Gasteiger partial charge is 0.508 e. The fourth-order valence-corrected chi connectivity index (χ4v) is 4.48. The molecule has 0 aliphatic heterocycles. The first-order valence-electron chi connectivity index (χ1n) is 13.9. The lowest BCUT2D eigenvalue weighted by molar-refractivity contribution is -0.144.